The van der Waals surface area contributed by atoms with E-state index in [-0.39, 0.29) is 5.91 Å². The second-order valence-corrected chi connectivity index (χ2v) is 5.71. The van der Waals surface area contributed by atoms with Crippen LogP contribution in [0.25, 0.3) is 11.0 Å². The van der Waals surface area contributed by atoms with E-state index in [0.717, 1.165) is 42.6 Å². The van der Waals surface area contributed by atoms with Crippen molar-refractivity contribution in [3.8, 4) is 0 Å². The zero-order chi connectivity index (χ0) is 14.8. The van der Waals surface area contributed by atoms with E-state index in [2.05, 4.69) is 10.2 Å². The Morgan fingerprint density at radius 3 is 2.67 bits per heavy atom. The first kappa shape index (κ1) is 14.1. The zero-order valence-corrected chi connectivity index (χ0v) is 12.8. The van der Waals surface area contributed by atoms with Crippen molar-refractivity contribution in [2.24, 2.45) is 0 Å². The van der Waals surface area contributed by atoms with Crippen molar-refractivity contribution in [1.82, 2.24) is 0 Å². The van der Waals surface area contributed by atoms with Gasteiger partial charge in [-0.15, -0.1) is 0 Å². The van der Waals surface area contributed by atoms with Crippen LogP contribution in [0.1, 0.15) is 26.2 Å². The molecule has 1 fully saturated rings. The highest BCUT2D eigenvalue weighted by molar-refractivity contribution is 7.71. The van der Waals surface area contributed by atoms with Crippen molar-refractivity contribution >= 4 is 40.5 Å². The second-order valence-electron chi connectivity index (χ2n) is 5.34. The molecule has 110 valence electrons. The van der Waals surface area contributed by atoms with Crippen LogP contribution >= 0.6 is 12.2 Å². The molecular weight excluding hydrogens is 284 g/mol. The predicted octanol–water partition coefficient (Wildman–Crippen LogP) is 4.11. The first-order valence-electron chi connectivity index (χ1n) is 7.25. The van der Waals surface area contributed by atoms with Crippen molar-refractivity contribution < 1.29 is 9.21 Å². The molecule has 1 aromatic carbocycles. The van der Waals surface area contributed by atoms with E-state index >= 15 is 0 Å². The Hall–Kier alpha value is -1.88. The lowest BCUT2D eigenvalue weighted by molar-refractivity contribution is -0.114. The summed E-state index contributed by atoms with van der Waals surface area (Å²) in [7, 11) is 0. The SMILES string of the molecule is CC(=O)Nc1c(N2CCCCC2)c2ccccc2oc1=S. The summed E-state index contributed by atoms with van der Waals surface area (Å²) < 4.78 is 6.04. The van der Waals surface area contributed by atoms with Gasteiger partial charge in [0.15, 0.2) is 0 Å². The Bertz CT molecular complexity index is 733. The molecule has 0 spiro atoms. The molecule has 1 aromatic heterocycles. The van der Waals surface area contributed by atoms with E-state index in [0.29, 0.717) is 10.4 Å². The molecule has 1 amide bonds. The monoisotopic (exact) mass is 302 g/mol. The number of hydrogen-bond acceptors (Lipinski definition) is 4. The molecule has 0 saturated carbocycles. The average molecular weight is 302 g/mol. The topological polar surface area (TPSA) is 45.5 Å². The number of nitrogens with zero attached hydrogens (tertiary/aromatic N) is 1. The van der Waals surface area contributed by atoms with Gasteiger partial charge in [0.05, 0.1) is 5.69 Å². The molecule has 21 heavy (non-hydrogen) atoms. The standard InChI is InChI=1S/C16H18N2O2S/c1-11(19)17-14-15(18-9-5-2-6-10-18)12-7-3-4-8-13(12)20-16(14)21/h3-4,7-8H,2,5-6,9-10H2,1H3,(H,17,19). The van der Waals surface area contributed by atoms with Crippen molar-refractivity contribution in [2.75, 3.05) is 23.3 Å². The summed E-state index contributed by atoms with van der Waals surface area (Å²) in [5.74, 6) is -0.134. The molecule has 1 saturated heterocycles. The lowest BCUT2D eigenvalue weighted by atomic mass is 10.1. The average Bonchev–Trinajstić information content (AvgIpc) is 2.48. The highest BCUT2D eigenvalue weighted by Gasteiger charge is 2.20. The smallest absolute Gasteiger partial charge is 0.221 e. The van der Waals surface area contributed by atoms with E-state index in [1.165, 1.54) is 13.3 Å². The second kappa shape index (κ2) is 5.85. The molecule has 3 rings (SSSR count). The molecule has 0 bridgehead atoms. The lowest BCUT2D eigenvalue weighted by Crippen LogP contribution is -2.30. The fraction of sp³-hybridized carbons (Fsp3) is 0.375. The number of nitrogens with one attached hydrogen (secondary N) is 1. The van der Waals surface area contributed by atoms with E-state index in [9.17, 15) is 4.79 Å². The molecule has 0 aliphatic carbocycles. The van der Waals surface area contributed by atoms with Gasteiger partial charge in [0.1, 0.15) is 11.3 Å². The summed E-state index contributed by atoms with van der Waals surface area (Å²) in [5.41, 5.74) is 2.38. The lowest BCUT2D eigenvalue weighted by Gasteiger charge is -2.31. The van der Waals surface area contributed by atoms with E-state index < -0.39 is 0 Å². The van der Waals surface area contributed by atoms with Gasteiger partial charge in [-0.2, -0.15) is 0 Å². The van der Waals surface area contributed by atoms with Gasteiger partial charge in [-0.25, -0.2) is 0 Å². The summed E-state index contributed by atoms with van der Waals surface area (Å²) in [6, 6.07) is 7.84. The van der Waals surface area contributed by atoms with Crippen LogP contribution in [-0.4, -0.2) is 19.0 Å². The Morgan fingerprint density at radius 2 is 1.95 bits per heavy atom. The number of para-hydroxylation sites is 1. The molecule has 4 nitrogen and oxygen atoms in total. The van der Waals surface area contributed by atoms with Crippen LogP contribution in [0.3, 0.4) is 0 Å². The number of benzene rings is 1. The van der Waals surface area contributed by atoms with Gasteiger partial charge in [0.25, 0.3) is 0 Å². The van der Waals surface area contributed by atoms with Crippen LogP contribution in [-0.2, 0) is 4.79 Å². The minimum absolute atomic E-state index is 0.134. The molecule has 5 heteroatoms. The fourth-order valence-electron chi connectivity index (χ4n) is 2.87. The molecule has 1 aliphatic heterocycles. The molecule has 1 aliphatic rings. The van der Waals surface area contributed by atoms with Crippen LogP contribution in [0.4, 0.5) is 11.4 Å². The van der Waals surface area contributed by atoms with Gasteiger partial charge in [-0.3, -0.25) is 4.79 Å². The van der Waals surface area contributed by atoms with E-state index in [1.54, 1.807) is 0 Å². The Labute approximate surface area is 128 Å². The summed E-state index contributed by atoms with van der Waals surface area (Å²) in [6.07, 6.45) is 3.57. The van der Waals surface area contributed by atoms with Gasteiger partial charge in [-0.05, 0) is 43.6 Å². The van der Waals surface area contributed by atoms with Crippen molar-refractivity contribution in [2.45, 2.75) is 26.2 Å². The number of fused-ring (bicyclic) bond motifs is 1. The van der Waals surface area contributed by atoms with Gasteiger partial charge in [0, 0.05) is 25.4 Å². The van der Waals surface area contributed by atoms with Crippen LogP contribution in [0.5, 0.6) is 0 Å². The van der Waals surface area contributed by atoms with Gasteiger partial charge in [-0.1, -0.05) is 12.1 Å². The highest BCUT2D eigenvalue weighted by Crippen LogP contribution is 2.37. The molecule has 0 radical (unpaired) electrons. The number of rotatable bonds is 2. The van der Waals surface area contributed by atoms with Crippen molar-refractivity contribution in [3.05, 3.63) is 29.0 Å². The summed E-state index contributed by atoms with van der Waals surface area (Å²) in [5, 5.41) is 3.85. The third kappa shape index (κ3) is 2.78. The van der Waals surface area contributed by atoms with Crippen LogP contribution in [0.2, 0.25) is 0 Å². The quantitative estimate of drug-likeness (QED) is 0.848. The molecule has 2 heterocycles. The van der Waals surface area contributed by atoms with Crippen LogP contribution in [0.15, 0.2) is 28.7 Å². The number of piperidine rings is 1. The molecular formula is C16H18N2O2S. The summed E-state index contributed by atoms with van der Waals surface area (Å²) in [4.78, 5) is 13.8. The molecule has 2 aromatic rings. The van der Waals surface area contributed by atoms with Crippen molar-refractivity contribution in [1.29, 1.82) is 0 Å². The van der Waals surface area contributed by atoms with Crippen LogP contribution < -0.4 is 10.2 Å². The normalized spacial score (nSPS) is 15.2. The third-order valence-corrected chi connectivity index (χ3v) is 4.05. The summed E-state index contributed by atoms with van der Waals surface area (Å²) in [6.45, 7) is 3.45. The minimum Gasteiger partial charge on any atom is -0.443 e. The van der Waals surface area contributed by atoms with Gasteiger partial charge < -0.3 is 14.6 Å². The molecule has 0 atom stereocenters. The Morgan fingerprint density at radius 1 is 1.24 bits per heavy atom. The number of carbonyl (C=O) groups excluding carboxylic acids is 1. The van der Waals surface area contributed by atoms with E-state index in [1.807, 2.05) is 24.3 Å². The first-order chi connectivity index (χ1) is 10.2. The summed E-state index contributed by atoms with van der Waals surface area (Å²) >= 11 is 5.35. The number of anilines is 2. The predicted molar refractivity (Wildman–Crippen MR) is 87.4 cm³/mol. The Kier molecular flexibility index (Phi) is 3.92. The van der Waals surface area contributed by atoms with Crippen LogP contribution in [0, 0.1) is 4.71 Å². The maximum Gasteiger partial charge on any atom is 0.221 e. The van der Waals surface area contributed by atoms with Gasteiger partial charge >= 0.3 is 0 Å². The maximum absolute atomic E-state index is 11.5. The van der Waals surface area contributed by atoms with E-state index in [4.69, 9.17) is 16.6 Å². The minimum atomic E-state index is -0.134. The maximum atomic E-state index is 11.5. The highest BCUT2D eigenvalue weighted by atomic mass is 32.1. The molecule has 0 unspecified atom stereocenters. The third-order valence-electron chi connectivity index (χ3n) is 3.76. The Balaban J connectivity index is 2.24. The molecule has 1 N–H and O–H groups in total. The fourth-order valence-corrected chi connectivity index (χ4v) is 3.10. The number of hydrogen-bond donors (Lipinski definition) is 1. The largest absolute Gasteiger partial charge is 0.443 e. The van der Waals surface area contributed by atoms with Gasteiger partial charge in [0.2, 0.25) is 10.6 Å². The number of carbonyl (C=O) groups is 1. The number of amides is 1. The van der Waals surface area contributed by atoms with Crippen molar-refractivity contribution in [3.63, 3.8) is 0 Å². The zero-order valence-electron chi connectivity index (χ0n) is 12.0. The first-order valence-corrected chi connectivity index (χ1v) is 7.66.